The maximum absolute atomic E-state index is 12.7. The van der Waals surface area contributed by atoms with Gasteiger partial charge >= 0.3 is 0 Å². The zero-order valence-electron chi connectivity index (χ0n) is 10.1. The molecule has 3 nitrogen and oxygen atoms in total. The Labute approximate surface area is 114 Å². The maximum Gasteiger partial charge on any atom is 0.243 e. The summed E-state index contributed by atoms with van der Waals surface area (Å²) in [7, 11) is 0. The van der Waals surface area contributed by atoms with E-state index in [2.05, 4.69) is 9.97 Å². The number of alkyl halides is 2. The van der Waals surface area contributed by atoms with Crippen LogP contribution in [0.5, 0.6) is 0 Å². The van der Waals surface area contributed by atoms with Crippen molar-refractivity contribution in [2.75, 3.05) is 18.0 Å². The highest BCUT2D eigenvalue weighted by Crippen LogP contribution is 2.31. The van der Waals surface area contributed by atoms with Crippen molar-refractivity contribution in [2.24, 2.45) is 5.92 Å². The molecule has 1 aliphatic rings. The predicted molar refractivity (Wildman–Crippen MR) is 70.9 cm³/mol. The van der Waals surface area contributed by atoms with E-state index in [1.165, 1.54) is 6.33 Å². The van der Waals surface area contributed by atoms with Crippen LogP contribution in [-0.4, -0.2) is 29.5 Å². The van der Waals surface area contributed by atoms with Crippen molar-refractivity contribution in [3.63, 3.8) is 0 Å². The van der Waals surface area contributed by atoms with Gasteiger partial charge in [-0.05, 0) is 24.6 Å². The highest BCUT2D eigenvalue weighted by atomic mass is 35.5. The predicted octanol–water partition coefficient (Wildman–Crippen LogP) is 3.37. The Morgan fingerprint density at radius 1 is 1.32 bits per heavy atom. The van der Waals surface area contributed by atoms with E-state index in [1.807, 2.05) is 11.0 Å². The third kappa shape index (κ3) is 2.34. The fourth-order valence-electron chi connectivity index (χ4n) is 2.45. The van der Waals surface area contributed by atoms with Crippen molar-refractivity contribution in [3.05, 3.63) is 29.5 Å². The lowest BCUT2D eigenvalue weighted by Gasteiger charge is -2.19. The van der Waals surface area contributed by atoms with Gasteiger partial charge < -0.3 is 4.90 Å². The number of hydrogen-bond acceptors (Lipinski definition) is 3. The normalized spacial score (nSPS) is 19.6. The quantitative estimate of drug-likeness (QED) is 0.846. The molecule has 1 aliphatic heterocycles. The van der Waals surface area contributed by atoms with Crippen molar-refractivity contribution in [1.82, 2.24) is 9.97 Å². The van der Waals surface area contributed by atoms with Gasteiger partial charge in [0.25, 0.3) is 0 Å². The molecule has 6 heteroatoms. The van der Waals surface area contributed by atoms with Gasteiger partial charge in [0.1, 0.15) is 12.1 Å². The summed E-state index contributed by atoms with van der Waals surface area (Å²) in [5.41, 5.74) is 0.773. The van der Waals surface area contributed by atoms with Crippen LogP contribution in [0.4, 0.5) is 14.6 Å². The molecule has 1 atom stereocenters. The van der Waals surface area contributed by atoms with Gasteiger partial charge in [0.05, 0.1) is 5.52 Å². The lowest BCUT2D eigenvalue weighted by Crippen LogP contribution is -2.23. The van der Waals surface area contributed by atoms with Gasteiger partial charge in [-0.15, -0.1) is 0 Å². The number of halogens is 3. The van der Waals surface area contributed by atoms with Crippen LogP contribution in [0.3, 0.4) is 0 Å². The van der Waals surface area contributed by atoms with Crippen LogP contribution < -0.4 is 4.90 Å². The van der Waals surface area contributed by atoms with Gasteiger partial charge in [-0.2, -0.15) is 0 Å². The number of benzene rings is 1. The number of rotatable bonds is 2. The lowest BCUT2D eigenvalue weighted by atomic mass is 10.1. The summed E-state index contributed by atoms with van der Waals surface area (Å²) in [5, 5.41) is 1.40. The van der Waals surface area contributed by atoms with Crippen molar-refractivity contribution in [3.8, 4) is 0 Å². The minimum absolute atomic E-state index is 0.330. The molecule has 0 aliphatic carbocycles. The number of anilines is 1. The van der Waals surface area contributed by atoms with Gasteiger partial charge in [0, 0.05) is 29.4 Å². The summed E-state index contributed by atoms with van der Waals surface area (Å²) in [4.78, 5) is 10.3. The second-order valence-electron chi connectivity index (χ2n) is 4.69. The zero-order chi connectivity index (χ0) is 13.4. The molecule has 0 N–H and O–H groups in total. The molecule has 0 bridgehead atoms. The number of aromatic nitrogens is 2. The van der Waals surface area contributed by atoms with Gasteiger partial charge in [0.15, 0.2) is 0 Å². The number of fused-ring (bicyclic) bond motifs is 1. The Bertz CT molecular complexity index is 605. The second kappa shape index (κ2) is 4.89. The molecule has 2 heterocycles. The molecule has 0 amide bonds. The fourth-order valence-corrected chi connectivity index (χ4v) is 2.62. The molecule has 1 saturated heterocycles. The molecule has 19 heavy (non-hydrogen) atoms. The first-order valence-electron chi connectivity index (χ1n) is 6.08. The molecule has 1 fully saturated rings. The lowest BCUT2D eigenvalue weighted by molar-refractivity contribution is 0.0880. The van der Waals surface area contributed by atoms with Crippen molar-refractivity contribution in [1.29, 1.82) is 0 Å². The topological polar surface area (TPSA) is 29.0 Å². The number of nitrogens with zero attached hydrogens (tertiary/aromatic N) is 3. The molecule has 1 aromatic heterocycles. The first kappa shape index (κ1) is 12.5. The molecule has 2 aromatic rings. The molecule has 0 saturated carbocycles. The molecule has 100 valence electrons. The van der Waals surface area contributed by atoms with Gasteiger partial charge in [0.2, 0.25) is 6.43 Å². The molecular weight excluding hydrogens is 272 g/mol. The minimum Gasteiger partial charge on any atom is -0.355 e. The summed E-state index contributed by atoms with van der Waals surface area (Å²) in [6.07, 6.45) is -0.327. The monoisotopic (exact) mass is 283 g/mol. The van der Waals surface area contributed by atoms with E-state index < -0.39 is 12.3 Å². The smallest absolute Gasteiger partial charge is 0.243 e. The van der Waals surface area contributed by atoms with Crippen molar-refractivity contribution < 1.29 is 8.78 Å². The van der Waals surface area contributed by atoms with Crippen LogP contribution in [0.2, 0.25) is 5.02 Å². The third-order valence-corrected chi connectivity index (χ3v) is 3.69. The van der Waals surface area contributed by atoms with Crippen LogP contribution in [-0.2, 0) is 0 Å². The zero-order valence-corrected chi connectivity index (χ0v) is 10.8. The molecular formula is C13H12ClF2N3. The Morgan fingerprint density at radius 3 is 2.89 bits per heavy atom. The van der Waals surface area contributed by atoms with Crippen LogP contribution >= 0.6 is 11.6 Å². The van der Waals surface area contributed by atoms with Crippen LogP contribution in [0.1, 0.15) is 6.42 Å². The Balaban J connectivity index is 1.99. The summed E-state index contributed by atoms with van der Waals surface area (Å²) in [5.74, 6) is 0.111. The van der Waals surface area contributed by atoms with Crippen LogP contribution in [0, 0.1) is 5.92 Å². The average molecular weight is 284 g/mol. The second-order valence-corrected chi connectivity index (χ2v) is 5.12. The van der Waals surface area contributed by atoms with Crippen molar-refractivity contribution in [2.45, 2.75) is 12.8 Å². The van der Waals surface area contributed by atoms with Gasteiger partial charge in [-0.1, -0.05) is 11.6 Å². The standard InChI is InChI=1S/C13H12ClF2N3/c14-9-1-2-11-10(5-9)13(18-7-17-11)19-4-3-8(6-19)12(15)16/h1-2,5,7-8,12H,3-4,6H2. The molecule has 0 spiro atoms. The SMILES string of the molecule is FC(F)C1CCN(c2ncnc3ccc(Cl)cc23)C1. The van der Waals surface area contributed by atoms with Gasteiger partial charge in [-0.3, -0.25) is 0 Å². The van der Waals surface area contributed by atoms with Crippen LogP contribution in [0.15, 0.2) is 24.5 Å². The van der Waals surface area contributed by atoms with E-state index in [9.17, 15) is 8.78 Å². The van der Waals surface area contributed by atoms with E-state index in [0.29, 0.717) is 30.4 Å². The molecule has 0 radical (unpaired) electrons. The Kier molecular flexibility index (Phi) is 3.22. The van der Waals surface area contributed by atoms with Gasteiger partial charge in [-0.25, -0.2) is 18.7 Å². The number of hydrogen-bond donors (Lipinski definition) is 0. The average Bonchev–Trinajstić information content (AvgIpc) is 2.87. The summed E-state index contributed by atoms with van der Waals surface area (Å²) >= 11 is 5.98. The van der Waals surface area contributed by atoms with E-state index in [-0.39, 0.29) is 0 Å². The van der Waals surface area contributed by atoms with Crippen molar-refractivity contribution >= 4 is 28.3 Å². The first-order valence-corrected chi connectivity index (χ1v) is 6.46. The summed E-state index contributed by atoms with van der Waals surface area (Å²) < 4.78 is 25.5. The van der Waals surface area contributed by atoms with E-state index >= 15 is 0 Å². The maximum atomic E-state index is 12.7. The molecule has 1 unspecified atom stereocenters. The fraction of sp³-hybridized carbons (Fsp3) is 0.385. The minimum atomic E-state index is -2.28. The largest absolute Gasteiger partial charge is 0.355 e. The van der Waals surface area contributed by atoms with E-state index in [4.69, 9.17) is 11.6 Å². The first-order chi connectivity index (χ1) is 9.15. The molecule has 1 aromatic carbocycles. The Morgan fingerprint density at radius 2 is 2.16 bits per heavy atom. The highest BCUT2D eigenvalue weighted by molar-refractivity contribution is 6.31. The summed E-state index contributed by atoms with van der Waals surface area (Å²) in [6.45, 7) is 0.921. The van der Waals surface area contributed by atoms with E-state index in [0.717, 1.165) is 10.9 Å². The summed E-state index contributed by atoms with van der Waals surface area (Å²) in [6, 6.07) is 5.35. The van der Waals surface area contributed by atoms with E-state index in [1.54, 1.807) is 12.1 Å². The van der Waals surface area contributed by atoms with Crippen LogP contribution in [0.25, 0.3) is 10.9 Å². The highest BCUT2D eigenvalue weighted by Gasteiger charge is 2.30. The third-order valence-electron chi connectivity index (χ3n) is 3.46. The Hall–Kier alpha value is -1.49. The molecule has 3 rings (SSSR count).